The molecule has 0 saturated carbocycles. The van der Waals surface area contributed by atoms with Crippen molar-refractivity contribution in [3.05, 3.63) is 21.9 Å². The average molecular weight is 344 g/mol. The third-order valence-corrected chi connectivity index (χ3v) is 7.23. The smallest absolute Gasteiger partial charge is 0.323 e. The molecular formula is C13H16N2O3S3. The Bertz CT molecular complexity index is 539. The molecule has 0 aromatic heterocycles. The van der Waals surface area contributed by atoms with E-state index in [1.807, 2.05) is 23.1 Å². The van der Waals surface area contributed by atoms with Gasteiger partial charge in [-0.3, -0.25) is 9.59 Å². The summed E-state index contributed by atoms with van der Waals surface area (Å²) in [6.45, 7) is 5.58. The minimum absolute atomic E-state index is 0.152. The van der Waals surface area contributed by atoms with Gasteiger partial charge in [-0.05, 0) is 37.0 Å². The number of thioether (sulfide) groups is 3. The van der Waals surface area contributed by atoms with Crippen LogP contribution in [0.15, 0.2) is 21.9 Å². The number of rotatable bonds is 2. The van der Waals surface area contributed by atoms with Crippen LogP contribution in [0.4, 0.5) is 0 Å². The largest absolute Gasteiger partial charge is 0.462 e. The number of ether oxygens (including phenoxy) is 1. The van der Waals surface area contributed by atoms with Crippen LogP contribution >= 0.6 is 35.3 Å². The molecule has 3 heterocycles. The molecule has 1 fully saturated rings. The standard InChI is InChI=1S/C13H16N2O3S3/c1-7(2)18-11(17)9-10(16)14-12-15(8(3)6-19-12)13(9)20-4-5-21-13/h4-7,9,12H,1-3H3,(H,14,16). The number of nitrogens with zero attached hydrogens (tertiary/aromatic N) is 1. The van der Waals surface area contributed by atoms with Gasteiger partial charge in [0.2, 0.25) is 5.91 Å². The van der Waals surface area contributed by atoms with Crippen LogP contribution in [0.5, 0.6) is 0 Å². The van der Waals surface area contributed by atoms with Crippen LogP contribution in [0.3, 0.4) is 0 Å². The Morgan fingerprint density at radius 2 is 2.10 bits per heavy atom. The Labute approximate surface area is 136 Å². The first-order chi connectivity index (χ1) is 9.95. The highest BCUT2D eigenvalue weighted by Crippen LogP contribution is 2.58. The lowest BCUT2D eigenvalue weighted by Crippen LogP contribution is -2.66. The molecule has 8 heteroatoms. The zero-order chi connectivity index (χ0) is 15.2. The van der Waals surface area contributed by atoms with Crippen molar-refractivity contribution in [3.63, 3.8) is 0 Å². The molecule has 3 rings (SSSR count). The SMILES string of the molecule is CC1=CSC2NC(=O)C(C(=O)OC(C)C)C3(SC=CS3)N12. The van der Waals surface area contributed by atoms with E-state index in [0.29, 0.717) is 0 Å². The van der Waals surface area contributed by atoms with Gasteiger partial charge in [0.25, 0.3) is 0 Å². The first kappa shape index (κ1) is 15.2. The highest BCUT2D eigenvalue weighted by molar-refractivity contribution is 8.23. The topological polar surface area (TPSA) is 58.6 Å². The molecule has 1 N–H and O–H groups in total. The van der Waals surface area contributed by atoms with Gasteiger partial charge >= 0.3 is 5.97 Å². The lowest BCUT2D eigenvalue weighted by molar-refractivity contribution is -0.160. The molecule has 21 heavy (non-hydrogen) atoms. The number of nitrogens with one attached hydrogen (secondary N) is 1. The number of hydrogen-bond donors (Lipinski definition) is 1. The van der Waals surface area contributed by atoms with E-state index in [4.69, 9.17) is 4.74 Å². The number of fused-ring (bicyclic) bond motifs is 2. The van der Waals surface area contributed by atoms with Crippen LogP contribution < -0.4 is 5.32 Å². The van der Waals surface area contributed by atoms with E-state index in [2.05, 4.69) is 10.2 Å². The van der Waals surface area contributed by atoms with E-state index in [-0.39, 0.29) is 17.5 Å². The second kappa shape index (κ2) is 5.48. The van der Waals surface area contributed by atoms with E-state index in [1.54, 1.807) is 25.6 Å². The number of allylic oxidation sites excluding steroid dienone is 1. The first-order valence-corrected chi connectivity index (χ1v) is 9.29. The Balaban J connectivity index is 1.98. The highest BCUT2D eigenvalue weighted by atomic mass is 32.2. The predicted molar refractivity (Wildman–Crippen MR) is 86.9 cm³/mol. The van der Waals surface area contributed by atoms with Gasteiger partial charge in [-0.1, -0.05) is 35.3 Å². The van der Waals surface area contributed by atoms with Crippen LogP contribution in [0.1, 0.15) is 20.8 Å². The molecule has 0 aromatic carbocycles. The van der Waals surface area contributed by atoms with Gasteiger partial charge in [0.1, 0.15) is 0 Å². The van der Waals surface area contributed by atoms with Crippen molar-refractivity contribution in [2.75, 3.05) is 0 Å². The van der Waals surface area contributed by atoms with Crippen molar-refractivity contribution >= 4 is 47.2 Å². The maximum absolute atomic E-state index is 12.5. The maximum Gasteiger partial charge on any atom is 0.323 e. The van der Waals surface area contributed by atoms with E-state index >= 15 is 0 Å². The van der Waals surface area contributed by atoms with E-state index in [9.17, 15) is 9.59 Å². The fourth-order valence-corrected chi connectivity index (χ4v) is 6.57. The Kier molecular flexibility index (Phi) is 3.96. The third kappa shape index (κ3) is 2.37. The molecule has 0 radical (unpaired) electrons. The fourth-order valence-electron chi connectivity index (χ4n) is 2.57. The minimum atomic E-state index is -0.858. The molecule has 3 aliphatic rings. The van der Waals surface area contributed by atoms with Crippen LogP contribution in [0, 0.1) is 5.92 Å². The summed E-state index contributed by atoms with van der Waals surface area (Å²) < 4.78 is 4.65. The van der Waals surface area contributed by atoms with E-state index < -0.39 is 16.1 Å². The number of esters is 1. The Hall–Kier alpha value is -0.730. The average Bonchev–Trinajstić information content (AvgIpc) is 2.97. The molecule has 3 aliphatic heterocycles. The predicted octanol–water partition coefficient (Wildman–Crippen LogP) is 2.48. The molecule has 2 atom stereocenters. The lowest BCUT2D eigenvalue weighted by Gasteiger charge is -2.49. The van der Waals surface area contributed by atoms with Crippen molar-refractivity contribution in [2.45, 2.75) is 36.6 Å². The van der Waals surface area contributed by atoms with Gasteiger partial charge in [-0.2, -0.15) is 0 Å². The van der Waals surface area contributed by atoms with Crippen LogP contribution in [-0.2, 0) is 14.3 Å². The molecule has 5 nitrogen and oxygen atoms in total. The van der Waals surface area contributed by atoms with E-state index in [1.165, 1.54) is 23.5 Å². The van der Waals surface area contributed by atoms with Gasteiger partial charge in [-0.25, -0.2) is 0 Å². The second-order valence-electron chi connectivity index (χ2n) is 5.18. The van der Waals surface area contributed by atoms with Crippen LogP contribution in [-0.4, -0.2) is 32.6 Å². The summed E-state index contributed by atoms with van der Waals surface area (Å²) in [5.74, 6) is -1.58. The van der Waals surface area contributed by atoms with Crippen molar-refractivity contribution in [3.8, 4) is 0 Å². The normalized spacial score (nSPS) is 29.6. The van der Waals surface area contributed by atoms with Crippen molar-refractivity contribution in [1.82, 2.24) is 10.2 Å². The highest BCUT2D eigenvalue weighted by Gasteiger charge is 2.61. The lowest BCUT2D eigenvalue weighted by atomic mass is 10.1. The summed E-state index contributed by atoms with van der Waals surface area (Å²) in [5, 5.41) is 8.80. The zero-order valence-corrected chi connectivity index (χ0v) is 14.3. The summed E-state index contributed by atoms with van der Waals surface area (Å²) in [6, 6.07) is 0. The first-order valence-electron chi connectivity index (χ1n) is 6.59. The molecule has 2 unspecified atom stereocenters. The summed E-state index contributed by atoms with van der Waals surface area (Å²) in [4.78, 5) is 27.1. The summed E-state index contributed by atoms with van der Waals surface area (Å²) in [7, 11) is 0. The molecule has 0 bridgehead atoms. The zero-order valence-electron chi connectivity index (χ0n) is 11.9. The van der Waals surface area contributed by atoms with Crippen LogP contribution in [0.2, 0.25) is 0 Å². The Morgan fingerprint density at radius 3 is 2.71 bits per heavy atom. The molecule has 1 amide bonds. The molecule has 114 valence electrons. The third-order valence-electron chi connectivity index (χ3n) is 3.33. The summed E-state index contributed by atoms with van der Waals surface area (Å²) in [5.41, 5.74) is 0.900. The van der Waals surface area contributed by atoms with Gasteiger partial charge in [0.05, 0.1) is 6.10 Å². The van der Waals surface area contributed by atoms with Crippen molar-refractivity contribution < 1.29 is 14.3 Å². The van der Waals surface area contributed by atoms with Crippen molar-refractivity contribution in [1.29, 1.82) is 0 Å². The van der Waals surface area contributed by atoms with Gasteiger partial charge in [0.15, 0.2) is 15.6 Å². The Morgan fingerprint density at radius 1 is 1.43 bits per heavy atom. The van der Waals surface area contributed by atoms with Crippen LogP contribution in [0.25, 0.3) is 0 Å². The quantitative estimate of drug-likeness (QED) is 0.610. The minimum Gasteiger partial charge on any atom is -0.462 e. The molecule has 0 aromatic rings. The molecule has 1 saturated heterocycles. The molecule has 0 aliphatic carbocycles. The summed E-state index contributed by atoms with van der Waals surface area (Å²) in [6.07, 6.45) is -0.242. The fraction of sp³-hybridized carbons (Fsp3) is 0.538. The number of hydrogen-bond acceptors (Lipinski definition) is 7. The maximum atomic E-state index is 12.5. The second-order valence-corrected chi connectivity index (χ2v) is 8.66. The molecule has 1 spiro atoms. The summed E-state index contributed by atoms with van der Waals surface area (Å²) >= 11 is 4.56. The number of amides is 1. The van der Waals surface area contributed by atoms with Gasteiger partial charge in [0, 0.05) is 5.70 Å². The van der Waals surface area contributed by atoms with Crippen molar-refractivity contribution in [2.24, 2.45) is 5.92 Å². The van der Waals surface area contributed by atoms with Gasteiger partial charge in [-0.15, -0.1) is 0 Å². The number of carbonyl (C=O) groups excluding carboxylic acids is 2. The van der Waals surface area contributed by atoms with Gasteiger partial charge < -0.3 is 15.0 Å². The monoisotopic (exact) mass is 344 g/mol. The van der Waals surface area contributed by atoms with E-state index in [0.717, 1.165) is 5.70 Å². The molecular weight excluding hydrogens is 328 g/mol. The number of carbonyl (C=O) groups is 2.